The van der Waals surface area contributed by atoms with Crippen molar-refractivity contribution in [2.45, 2.75) is 18.2 Å². The minimum atomic E-state index is -3.79. The molecule has 0 unspecified atom stereocenters. The third kappa shape index (κ3) is 6.79. The first kappa shape index (κ1) is 22.2. The molecule has 0 atom stereocenters. The van der Waals surface area contributed by atoms with Crippen LogP contribution in [0.4, 0.5) is 5.69 Å². The topological polar surface area (TPSA) is 102 Å². The standard InChI is InChI=1S/C18H18Cl2N2O5S/c1-12-5-6-14(10-16(12)20)22-17(23)11-27-18(24)7-8-21-28(25,26)15-4-2-3-13(19)9-15/h2-6,9-10,21H,7-8,11H2,1H3,(H,22,23). The van der Waals surface area contributed by atoms with Crippen LogP contribution >= 0.6 is 23.2 Å². The number of hydrogen-bond acceptors (Lipinski definition) is 5. The Morgan fingerprint density at radius 3 is 2.54 bits per heavy atom. The van der Waals surface area contributed by atoms with Crippen LogP contribution in [-0.2, 0) is 24.3 Å². The molecule has 0 aliphatic carbocycles. The fraction of sp³-hybridized carbons (Fsp3) is 0.222. The van der Waals surface area contributed by atoms with Crippen molar-refractivity contribution in [1.29, 1.82) is 0 Å². The van der Waals surface area contributed by atoms with Gasteiger partial charge in [-0.05, 0) is 42.8 Å². The van der Waals surface area contributed by atoms with Crippen LogP contribution in [0.25, 0.3) is 0 Å². The maximum Gasteiger partial charge on any atom is 0.307 e. The predicted octanol–water partition coefficient (Wildman–Crippen LogP) is 3.15. The first-order chi connectivity index (χ1) is 13.2. The number of anilines is 1. The van der Waals surface area contributed by atoms with Crippen molar-refractivity contribution in [3.05, 3.63) is 58.1 Å². The summed E-state index contributed by atoms with van der Waals surface area (Å²) in [4.78, 5) is 23.5. The Bertz CT molecular complexity index is 980. The van der Waals surface area contributed by atoms with Gasteiger partial charge in [0, 0.05) is 22.3 Å². The van der Waals surface area contributed by atoms with Crippen LogP contribution in [0.15, 0.2) is 47.4 Å². The molecule has 150 valence electrons. The molecule has 0 aliphatic rings. The number of ether oxygens (including phenoxy) is 1. The van der Waals surface area contributed by atoms with E-state index in [0.29, 0.717) is 10.7 Å². The van der Waals surface area contributed by atoms with E-state index in [-0.39, 0.29) is 22.9 Å². The Balaban J connectivity index is 1.75. The van der Waals surface area contributed by atoms with Gasteiger partial charge in [0.25, 0.3) is 5.91 Å². The summed E-state index contributed by atoms with van der Waals surface area (Å²) in [5.41, 5.74) is 1.34. The Labute approximate surface area is 173 Å². The molecule has 2 rings (SSSR count). The molecule has 0 aliphatic heterocycles. The maximum absolute atomic E-state index is 12.1. The van der Waals surface area contributed by atoms with Gasteiger partial charge in [0.1, 0.15) is 0 Å². The van der Waals surface area contributed by atoms with E-state index in [2.05, 4.69) is 10.0 Å². The summed E-state index contributed by atoms with van der Waals surface area (Å²) in [6.45, 7) is 1.16. The molecular weight excluding hydrogens is 427 g/mol. The van der Waals surface area contributed by atoms with Gasteiger partial charge >= 0.3 is 5.97 Å². The Morgan fingerprint density at radius 1 is 1.11 bits per heavy atom. The molecule has 0 saturated heterocycles. The summed E-state index contributed by atoms with van der Waals surface area (Å²) in [5, 5.41) is 3.33. The zero-order valence-corrected chi connectivity index (χ0v) is 17.2. The predicted molar refractivity (Wildman–Crippen MR) is 107 cm³/mol. The molecule has 2 aromatic rings. The lowest BCUT2D eigenvalue weighted by Gasteiger charge is -2.09. The van der Waals surface area contributed by atoms with Crippen molar-refractivity contribution in [2.24, 2.45) is 0 Å². The number of aryl methyl sites for hydroxylation is 1. The number of rotatable bonds is 8. The van der Waals surface area contributed by atoms with Gasteiger partial charge in [-0.15, -0.1) is 0 Å². The van der Waals surface area contributed by atoms with E-state index >= 15 is 0 Å². The van der Waals surface area contributed by atoms with E-state index in [1.807, 2.05) is 6.92 Å². The number of nitrogens with one attached hydrogen (secondary N) is 2. The van der Waals surface area contributed by atoms with Gasteiger partial charge in [-0.2, -0.15) is 0 Å². The van der Waals surface area contributed by atoms with Crippen LogP contribution in [0.3, 0.4) is 0 Å². The molecule has 7 nitrogen and oxygen atoms in total. The molecule has 0 heterocycles. The van der Waals surface area contributed by atoms with E-state index in [0.717, 1.165) is 5.56 Å². The minimum absolute atomic E-state index is 0.00972. The Morgan fingerprint density at radius 2 is 1.86 bits per heavy atom. The third-order valence-electron chi connectivity index (χ3n) is 3.55. The molecule has 2 N–H and O–H groups in total. The number of benzene rings is 2. The highest BCUT2D eigenvalue weighted by atomic mass is 35.5. The highest BCUT2D eigenvalue weighted by Crippen LogP contribution is 2.19. The van der Waals surface area contributed by atoms with Crippen molar-refractivity contribution < 1.29 is 22.7 Å². The van der Waals surface area contributed by atoms with Crippen LogP contribution in [0.2, 0.25) is 10.0 Å². The van der Waals surface area contributed by atoms with Crippen LogP contribution in [0, 0.1) is 6.92 Å². The van der Waals surface area contributed by atoms with Crippen molar-refractivity contribution in [2.75, 3.05) is 18.5 Å². The van der Waals surface area contributed by atoms with E-state index in [1.165, 1.54) is 18.2 Å². The first-order valence-electron chi connectivity index (χ1n) is 8.14. The van der Waals surface area contributed by atoms with Crippen molar-refractivity contribution >= 4 is 50.8 Å². The Hall–Kier alpha value is -2.13. The normalized spacial score (nSPS) is 11.1. The second-order valence-electron chi connectivity index (χ2n) is 5.78. The molecule has 28 heavy (non-hydrogen) atoms. The summed E-state index contributed by atoms with van der Waals surface area (Å²) in [6, 6.07) is 10.7. The fourth-order valence-corrected chi connectivity index (χ4v) is 3.60. The minimum Gasteiger partial charge on any atom is -0.456 e. The molecule has 10 heteroatoms. The zero-order valence-electron chi connectivity index (χ0n) is 14.9. The lowest BCUT2D eigenvalue weighted by Crippen LogP contribution is -2.28. The van der Waals surface area contributed by atoms with E-state index < -0.39 is 28.5 Å². The molecule has 0 aromatic heterocycles. The number of carbonyl (C=O) groups excluding carboxylic acids is 2. The van der Waals surface area contributed by atoms with E-state index in [9.17, 15) is 18.0 Å². The van der Waals surface area contributed by atoms with Crippen LogP contribution < -0.4 is 10.0 Å². The molecular formula is C18H18Cl2N2O5S. The SMILES string of the molecule is Cc1ccc(NC(=O)COC(=O)CCNS(=O)(=O)c2cccc(Cl)c2)cc1Cl. The number of sulfonamides is 1. The highest BCUT2D eigenvalue weighted by Gasteiger charge is 2.15. The lowest BCUT2D eigenvalue weighted by molar-refractivity contribution is -0.147. The summed E-state index contributed by atoms with van der Waals surface area (Å²) < 4.78 is 31.3. The van der Waals surface area contributed by atoms with Gasteiger partial charge in [-0.25, -0.2) is 13.1 Å². The summed E-state index contributed by atoms with van der Waals surface area (Å²) in [6.07, 6.45) is -0.233. The Kier molecular flexibility index (Phi) is 7.82. The summed E-state index contributed by atoms with van der Waals surface area (Å²) in [5.74, 6) is -1.25. The van der Waals surface area contributed by atoms with Gasteiger partial charge in [0.2, 0.25) is 10.0 Å². The van der Waals surface area contributed by atoms with Crippen molar-refractivity contribution in [3.8, 4) is 0 Å². The number of amides is 1. The molecule has 0 radical (unpaired) electrons. The van der Waals surface area contributed by atoms with Gasteiger partial charge in [0.15, 0.2) is 6.61 Å². The van der Waals surface area contributed by atoms with Crippen LogP contribution in [-0.4, -0.2) is 33.4 Å². The molecule has 0 spiro atoms. The van der Waals surface area contributed by atoms with Gasteiger partial charge < -0.3 is 10.1 Å². The highest BCUT2D eigenvalue weighted by molar-refractivity contribution is 7.89. The second kappa shape index (κ2) is 9.88. The van der Waals surface area contributed by atoms with Crippen molar-refractivity contribution in [1.82, 2.24) is 4.72 Å². The monoisotopic (exact) mass is 444 g/mol. The van der Waals surface area contributed by atoms with Gasteiger partial charge in [-0.3, -0.25) is 9.59 Å². The van der Waals surface area contributed by atoms with Crippen molar-refractivity contribution in [3.63, 3.8) is 0 Å². The molecule has 0 saturated carbocycles. The van der Waals surface area contributed by atoms with E-state index in [1.54, 1.807) is 24.3 Å². The quantitative estimate of drug-likeness (QED) is 0.608. The number of carbonyl (C=O) groups is 2. The average Bonchev–Trinajstić information content (AvgIpc) is 2.63. The smallest absolute Gasteiger partial charge is 0.307 e. The molecule has 1 amide bonds. The molecule has 0 bridgehead atoms. The number of hydrogen-bond donors (Lipinski definition) is 2. The summed E-state index contributed by atoms with van der Waals surface area (Å²) >= 11 is 11.7. The average molecular weight is 445 g/mol. The number of esters is 1. The van der Waals surface area contributed by atoms with Crippen LogP contribution in [0.5, 0.6) is 0 Å². The van der Waals surface area contributed by atoms with Crippen LogP contribution in [0.1, 0.15) is 12.0 Å². The van der Waals surface area contributed by atoms with E-state index in [4.69, 9.17) is 27.9 Å². The van der Waals surface area contributed by atoms with Gasteiger partial charge in [0.05, 0.1) is 11.3 Å². The zero-order chi connectivity index (χ0) is 20.7. The largest absolute Gasteiger partial charge is 0.456 e. The van der Waals surface area contributed by atoms with Gasteiger partial charge in [-0.1, -0.05) is 35.3 Å². The second-order valence-corrected chi connectivity index (χ2v) is 8.39. The molecule has 2 aromatic carbocycles. The lowest BCUT2D eigenvalue weighted by atomic mass is 10.2. The first-order valence-corrected chi connectivity index (χ1v) is 10.4. The third-order valence-corrected chi connectivity index (χ3v) is 5.65. The number of halogens is 2. The fourth-order valence-electron chi connectivity index (χ4n) is 2.09. The summed E-state index contributed by atoms with van der Waals surface area (Å²) in [7, 11) is -3.79. The maximum atomic E-state index is 12.1. The molecule has 0 fully saturated rings.